The highest BCUT2D eigenvalue weighted by Crippen LogP contribution is 2.60. The molecule has 4 aromatic rings. The number of anilines is 2. The molecule has 49 heavy (non-hydrogen) atoms. The highest BCUT2D eigenvalue weighted by Gasteiger charge is 2.66. The Morgan fingerprint density at radius 1 is 1.06 bits per heavy atom. The molecular formula is C38H45N5O5Si. The lowest BCUT2D eigenvalue weighted by Crippen LogP contribution is -2.51. The number of aromatic nitrogens is 3. The highest BCUT2D eigenvalue weighted by molar-refractivity contribution is 6.91. The lowest BCUT2D eigenvalue weighted by atomic mass is 9.82. The van der Waals surface area contributed by atoms with Crippen molar-refractivity contribution < 1.29 is 24.2 Å². The summed E-state index contributed by atoms with van der Waals surface area (Å²) in [6.07, 6.45) is 4.06. The number of carbonyl (C=O) groups is 2. The van der Waals surface area contributed by atoms with Crippen molar-refractivity contribution in [3.63, 3.8) is 0 Å². The zero-order valence-corrected chi connectivity index (χ0v) is 29.7. The minimum atomic E-state index is -2.34. The third-order valence-electron chi connectivity index (χ3n) is 11.0. The van der Waals surface area contributed by atoms with Crippen molar-refractivity contribution in [2.24, 2.45) is 5.92 Å². The van der Waals surface area contributed by atoms with E-state index in [2.05, 4.69) is 48.5 Å². The maximum absolute atomic E-state index is 15.2. The monoisotopic (exact) mass is 679 g/mol. The van der Waals surface area contributed by atoms with Crippen LogP contribution in [0.25, 0.3) is 0 Å². The van der Waals surface area contributed by atoms with Crippen LogP contribution in [0.5, 0.6) is 5.75 Å². The Hall–Kier alpha value is -4.32. The number of fused-ring (bicyclic) bond motifs is 2. The fourth-order valence-electron chi connectivity index (χ4n) is 8.52. The van der Waals surface area contributed by atoms with E-state index in [0.717, 1.165) is 40.4 Å². The van der Waals surface area contributed by atoms with Crippen LogP contribution < -0.4 is 19.7 Å². The molecule has 256 valence electrons. The van der Waals surface area contributed by atoms with Crippen molar-refractivity contribution in [1.82, 2.24) is 15.0 Å². The molecule has 0 radical (unpaired) electrons. The van der Waals surface area contributed by atoms with Crippen LogP contribution in [0, 0.1) is 5.92 Å². The van der Waals surface area contributed by atoms with E-state index in [-0.39, 0.29) is 36.0 Å². The van der Waals surface area contributed by atoms with Crippen LogP contribution in [0.3, 0.4) is 0 Å². The third-order valence-corrected chi connectivity index (χ3v) is 15.3. The zero-order valence-electron chi connectivity index (χ0n) is 28.7. The van der Waals surface area contributed by atoms with E-state index >= 15 is 4.79 Å². The summed E-state index contributed by atoms with van der Waals surface area (Å²) >= 11 is 0. The second-order valence-electron chi connectivity index (χ2n) is 14.1. The molecule has 3 aromatic carbocycles. The first-order valence-corrected chi connectivity index (χ1v) is 20.4. The summed E-state index contributed by atoms with van der Waals surface area (Å²) in [5, 5.41) is 19.2. The molecule has 10 nitrogen and oxygen atoms in total. The Balaban J connectivity index is 1.33. The van der Waals surface area contributed by atoms with E-state index < -0.39 is 13.7 Å². The summed E-state index contributed by atoms with van der Waals surface area (Å²) in [6.45, 7) is 8.62. The molecule has 2 fully saturated rings. The summed E-state index contributed by atoms with van der Waals surface area (Å²) in [6, 6.07) is 24.5. The largest absolute Gasteiger partial charge is 0.497 e. The number of aliphatic hydroxyl groups excluding tert-OH is 1. The molecule has 11 heteroatoms. The third kappa shape index (κ3) is 5.77. The molecule has 4 heterocycles. The molecule has 0 unspecified atom stereocenters. The Labute approximate surface area is 288 Å². The number of aryl methyl sites for hydroxylation is 1. The number of methoxy groups -OCH3 is 1. The maximum atomic E-state index is 15.2. The van der Waals surface area contributed by atoms with E-state index in [9.17, 15) is 9.90 Å². The van der Waals surface area contributed by atoms with Crippen LogP contribution in [0.2, 0.25) is 18.6 Å². The van der Waals surface area contributed by atoms with Gasteiger partial charge in [0.2, 0.25) is 5.91 Å². The van der Waals surface area contributed by atoms with Crippen LogP contribution in [0.4, 0.5) is 11.4 Å². The number of hydrogen-bond donors (Lipinski definition) is 1. The van der Waals surface area contributed by atoms with Crippen molar-refractivity contribution in [2.75, 3.05) is 30.1 Å². The van der Waals surface area contributed by atoms with Gasteiger partial charge in [0.1, 0.15) is 5.75 Å². The van der Waals surface area contributed by atoms with Gasteiger partial charge in [-0.1, -0.05) is 72.9 Å². The number of aliphatic hydroxyl groups is 1. The maximum Gasteiger partial charge on any atom is 0.264 e. The van der Waals surface area contributed by atoms with Gasteiger partial charge in [0.25, 0.3) is 5.91 Å². The summed E-state index contributed by atoms with van der Waals surface area (Å²) < 4.78 is 14.6. The number of rotatable bonds is 11. The van der Waals surface area contributed by atoms with Gasteiger partial charge in [0.15, 0.2) is 5.60 Å². The van der Waals surface area contributed by atoms with Crippen molar-refractivity contribution in [3.05, 3.63) is 95.8 Å². The number of ether oxygens (including phenoxy) is 2. The first kappa shape index (κ1) is 33.2. The highest BCUT2D eigenvalue weighted by atomic mass is 28.3. The second-order valence-corrected chi connectivity index (χ2v) is 18.8. The summed E-state index contributed by atoms with van der Waals surface area (Å²) in [4.78, 5) is 31.8. The Bertz CT molecular complexity index is 1830. The lowest BCUT2D eigenvalue weighted by Gasteiger charge is -2.37. The van der Waals surface area contributed by atoms with Gasteiger partial charge in [0, 0.05) is 55.9 Å². The van der Waals surface area contributed by atoms with Crippen LogP contribution >= 0.6 is 0 Å². The van der Waals surface area contributed by atoms with Gasteiger partial charge < -0.3 is 24.4 Å². The fourth-order valence-corrected chi connectivity index (χ4v) is 12.6. The molecule has 3 aliphatic rings. The molecule has 0 aliphatic carbocycles. The van der Waals surface area contributed by atoms with E-state index in [1.165, 1.54) is 5.19 Å². The molecule has 1 spiro atoms. The van der Waals surface area contributed by atoms with Crippen LogP contribution in [-0.2, 0) is 39.4 Å². The zero-order chi connectivity index (χ0) is 34.3. The second kappa shape index (κ2) is 13.2. The number of carbonyl (C=O) groups excluding carboxylic acids is 2. The standard InChI is InChI=1S/C38H45N5O5Si/c1-26-36(49(3,4)31-15-13-30(47-2)14-16-31)34(18-21-41-25-28(19-22-44)39-40-41)48-38(26)32-23-29(42-20-8-11-35(42)45)12-17-33(32)43(37(38)46)24-27-9-6-5-7-10-27/h5-7,9-10,12-17,23,25-26,34,36,44H,8,11,18-22,24H2,1-4H3/t26-,34+,36-,38+/m1/s1. The van der Waals surface area contributed by atoms with Gasteiger partial charge >= 0.3 is 0 Å². The Kier molecular flexibility index (Phi) is 8.93. The topological polar surface area (TPSA) is 110 Å². The Morgan fingerprint density at radius 2 is 1.84 bits per heavy atom. The van der Waals surface area contributed by atoms with Gasteiger partial charge in [0.05, 0.1) is 39.2 Å². The molecule has 1 aromatic heterocycles. The summed E-state index contributed by atoms with van der Waals surface area (Å²) in [5.74, 6) is 0.694. The Morgan fingerprint density at radius 3 is 2.53 bits per heavy atom. The predicted molar refractivity (Wildman–Crippen MR) is 191 cm³/mol. The lowest BCUT2D eigenvalue weighted by molar-refractivity contribution is -0.146. The first-order valence-electron chi connectivity index (χ1n) is 17.3. The van der Waals surface area contributed by atoms with Crippen molar-refractivity contribution in [1.29, 1.82) is 0 Å². The molecule has 7 rings (SSSR count). The van der Waals surface area contributed by atoms with Crippen molar-refractivity contribution in [3.8, 4) is 5.75 Å². The molecule has 0 saturated carbocycles. The normalized spacial score (nSPS) is 23.6. The number of amides is 2. The molecule has 0 bridgehead atoms. The minimum Gasteiger partial charge on any atom is -0.497 e. The quantitative estimate of drug-likeness (QED) is 0.227. The SMILES string of the molecule is COc1ccc([Si](C)(C)[C@H]2[C@H](CCn3cc(CCO)nn3)O[C@@]3(C(=O)N(Cc4ccccc4)c4ccc(N5CCCC5=O)cc43)[C@@H]2C)cc1. The van der Waals surface area contributed by atoms with Gasteiger partial charge in [-0.15, -0.1) is 5.10 Å². The van der Waals surface area contributed by atoms with Crippen molar-refractivity contribution in [2.45, 2.75) is 76.0 Å². The average Bonchev–Trinajstić information content (AvgIpc) is 3.87. The number of benzene rings is 3. The van der Waals surface area contributed by atoms with E-state index in [1.807, 2.05) is 75.3 Å². The molecule has 3 aliphatic heterocycles. The minimum absolute atomic E-state index is 0.0141. The number of hydrogen-bond acceptors (Lipinski definition) is 7. The van der Waals surface area contributed by atoms with Gasteiger partial charge in [-0.25, -0.2) is 0 Å². The van der Waals surface area contributed by atoms with Gasteiger partial charge in [-0.05, 0) is 54.3 Å². The van der Waals surface area contributed by atoms with Crippen LogP contribution in [-0.4, -0.2) is 66.4 Å². The first-order chi connectivity index (χ1) is 23.7. The van der Waals surface area contributed by atoms with Crippen LogP contribution in [0.15, 0.2) is 79.0 Å². The van der Waals surface area contributed by atoms with Crippen molar-refractivity contribution >= 4 is 36.4 Å². The van der Waals surface area contributed by atoms with Crippen LogP contribution in [0.1, 0.15) is 43.0 Å². The molecular weight excluding hydrogens is 635 g/mol. The number of nitrogens with zero attached hydrogens (tertiary/aromatic N) is 5. The molecule has 2 saturated heterocycles. The summed E-state index contributed by atoms with van der Waals surface area (Å²) in [5.41, 5.74) is 3.11. The van der Waals surface area contributed by atoms with E-state index in [4.69, 9.17) is 9.47 Å². The average molecular weight is 680 g/mol. The van der Waals surface area contributed by atoms with E-state index in [1.54, 1.807) is 7.11 Å². The fraction of sp³-hybridized carbons (Fsp3) is 0.421. The van der Waals surface area contributed by atoms with Gasteiger partial charge in [-0.3, -0.25) is 14.3 Å². The smallest absolute Gasteiger partial charge is 0.264 e. The summed E-state index contributed by atoms with van der Waals surface area (Å²) in [7, 11) is -0.663. The van der Waals surface area contributed by atoms with Gasteiger partial charge in [-0.2, -0.15) is 0 Å². The predicted octanol–water partition coefficient (Wildman–Crippen LogP) is 4.80. The molecule has 2 amide bonds. The molecule has 1 N–H and O–H groups in total. The van der Waals surface area contributed by atoms with E-state index in [0.29, 0.717) is 38.9 Å². The molecule has 4 atom stereocenters.